The molecule has 4 rings (SSSR count). The molecule has 0 aliphatic rings. The van der Waals surface area contributed by atoms with Crippen molar-refractivity contribution in [2.75, 3.05) is 5.32 Å². The Kier molecular flexibility index (Phi) is 6.28. The molecule has 0 atom stereocenters. The first-order valence-corrected chi connectivity index (χ1v) is 11.3. The molecule has 0 aliphatic heterocycles. The number of anilines is 2. The molecule has 0 spiro atoms. The van der Waals surface area contributed by atoms with Gasteiger partial charge in [-0.3, -0.25) is 0 Å². The zero-order chi connectivity index (χ0) is 22.7. The van der Waals surface area contributed by atoms with Crippen LogP contribution in [0.4, 0.5) is 11.4 Å². The Labute approximate surface area is 191 Å². The third-order valence-electron chi connectivity index (χ3n) is 6.30. The monoisotopic (exact) mass is 417 g/mol. The fraction of sp³-hybridized carbons (Fsp3) is 0.161. The van der Waals surface area contributed by atoms with Crippen LogP contribution in [0.1, 0.15) is 31.7 Å². The van der Waals surface area contributed by atoms with E-state index in [0.29, 0.717) is 0 Å². The molecule has 1 heteroatoms. The maximum atomic E-state index is 4.42. The van der Waals surface area contributed by atoms with Crippen LogP contribution in [-0.2, 0) is 6.42 Å². The van der Waals surface area contributed by atoms with Crippen LogP contribution >= 0.6 is 0 Å². The summed E-state index contributed by atoms with van der Waals surface area (Å²) < 4.78 is 0. The lowest BCUT2D eigenvalue weighted by atomic mass is 9.97. The Morgan fingerprint density at radius 2 is 1.41 bits per heavy atom. The topological polar surface area (TPSA) is 12.0 Å². The summed E-state index contributed by atoms with van der Waals surface area (Å²) in [7, 11) is 0. The van der Waals surface area contributed by atoms with E-state index in [9.17, 15) is 0 Å². The van der Waals surface area contributed by atoms with Gasteiger partial charge in [0, 0.05) is 16.8 Å². The summed E-state index contributed by atoms with van der Waals surface area (Å²) in [5, 5.41) is 10.3. The Balaban J connectivity index is 1.54. The van der Waals surface area contributed by atoms with Crippen molar-refractivity contribution in [3.8, 4) is 0 Å². The molecule has 0 unspecified atom stereocenters. The standard InChI is InChI=1S/C31H31N/c1-21(2)22(3)11-6-7-12-25-17-19-26(20-18-25)32-30-16-10-15-29-23(4)27-13-8-9-14-28(27)24(5)31(29)30/h8-10,13-20,32H,1,3-7,11-12H2,2H3. The highest BCUT2D eigenvalue weighted by Crippen LogP contribution is 2.25. The molecule has 4 aromatic carbocycles. The second-order valence-corrected chi connectivity index (χ2v) is 8.64. The summed E-state index contributed by atoms with van der Waals surface area (Å²) in [4.78, 5) is 0. The van der Waals surface area contributed by atoms with Crippen LogP contribution in [0.25, 0.3) is 34.7 Å². The quantitative estimate of drug-likeness (QED) is 0.179. The minimum Gasteiger partial charge on any atom is -0.355 e. The van der Waals surface area contributed by atoms with E-state index in [1.807, 2.05) is 6.92 Å². The number of fused-ring (bicyclic) bond motifs is 2. The highest BCUT2D eigenvalue weighted by atomic mass is 14.9. The summed E-state index contributed by atoms with van der Waals surface area (Å²) in [6.07, 6.45) is 4.42. The Bertz CT molecular complexity index is 1410. The number of hydrogen-bond acceptors (Lipinski definition) is 1. The second kappa shape index (κ2) is 9.28. The van der Waals surface area contributed by atoms with Gasteiger partial charge in [-0.2, -0.15) is 0 Å². The van der Waals surface area contributed by atoms with Crippen molar-refractivity contribution < 1.29 is 0 Å². The van der Waals surface area contributed by atoms with E-state index in [-0.39, 0.29) is 0 Å². The van der Waals surface area contributed by atoms with E-state index in [0.717, 1.165) is 69.2 Å². The predicted molar refractivity (Wildman–Crippen MR) is 143 cm³/mol. The number of benzene rings is 4. The number of rotatable bonds is 8. The van der Waals surface area contributed by atoms with Crippen molar-refractivity contribution in [1.29, 1.82) is 0 Å². The summed E-state index contributed by atoms with van der Waals surface area (Å²) in [5.74, 6) is 0. The fourth-order valence-electron chi connectivity index (χ4n) is 4.31. The molecule has 1 N–H and O–H groups in total. The average Bonchev–Trinajstić information content (AvgIpc) is 2.81. The van der Waals surface area contributed by atoms with E-state index < -0.39 is 0 Å². The molecule has 0 saturated heterocycles. The molecule has 1 nitrogen and oxygen atoms in total. The minimum absolute atomic E-state index is 1.03. The van der Waals surface area contributed by atoms with Crippen LogP contribution < -0.4 is 15.8 Å². The predicted octanol–water partition coefficient (Wildman–Crippen LogP) is 7.40. The van der Waals surface area contributed by atoms with Crippen LogP contribution in [0.5, 0.6) is 0 Å². The second-order valence-electron chi connectivity index (χ2n) is 8.64. The lowest BCUT2D eigenvalue weighted by Gasteiger charge is -2.13. The van der Waals surface area contributed by atoms with Gasteiger partial charge < -0.3 is 5.32 Å². The van der Waals surface area contributed by atoms with E-state index in [4.69, 9.17) is 0 Å². The van der Waals surface area contributed by atoms with Crippen LogP contribution in [-0.4, -0.2) is 0 Å². The molecule has 4 aromatic rings. The van der Waals surface area contributed by atoms with E-state index >= 15 is 0 Å². The lowest BCUT2D eigenvalue weighted by Crippen LogP contribution is -2.13. The van der Waals surface area contributed by atoms with Gasteiger partial charge in [-0.1, -0.05) is 86.0 Å². The Hall–Kier alpha value is -3.58. The highest BCUT2D eigenvalue weighted by Gasteiger charge is 2.08. The molecule has 0 bridgehead atoms. The van der Waals surface area contributed by atoms with E-state index in [1.54, 1.807) is 0 Å². The van der Waals surface area contributed by atoms with Gasteiger partial charge in [0.1, 0.15) is 0 Å². The number of allylic oxidation sites excluding steroid dienone is 2. The van der Waals surface area contributed by atoms with Gasteiger partial charge in [0.2, 0.25) is 0 Å². The van der Waals surface area contributed by atoms with Gasteiger partial charge in [-0.15, -0.1) is 0 Å². The van der Waals surface area contributed by atoms with Crippen molar-refractivity contribution in [2.24, 2.45) is 0 Å². The molecule has 0 aliphatic carbocycles. The molecular formula is C31H31N. The summed E-state index contributed by atoms with van der Waals surface area (Å²) in [6.45, 7) is 18.9. The molecule has 160 valence electrons. The highest BCUT2D eigenvalue weighted by molar-refractivity contribution is 6.05. The maximum absolute atomic E-state index is 4.42. The van der Waals surface area contributed by atoms with Gasteiger partial charge in [-0.25, -0.2) is 0 Å². The largest absolute Gasteiger partial charge is 0.355 e. The van der Waals surface area contributed by atoms with Crippen LogP contribution in [0.3, 0.4) is 0 Å². The van der Waals surface area contributed by atoms with Crippen molar-refractivity contribution >= 4 is 46.1 Å². The van der Waals surface area contributed by atoms with Gasteiger partial charge in [0.15, 0.2) is 0 Å². The summed E-state index contributed by atoms with van der Waals surface area (Å²) in [5.41, 5.74) is 5.77. The molecular weight excluding hydrogens is 386 g/mol. The van der Waals surface area contributed by atoms with E-state index in [1.165, 1.54) is 16.5 Å². The number of aryl methyl sites for hydroxylation is 1. The van der Waals surface area contributed by atoms with Crippen LogP contribution in [0.15, 0.2) is 91.0 Å². The van der Waals surface area contributed by atoms with Gasteiger partial charge >= 0.3 is 0 Å². The lowest BCUT2D eigenvalue weighted by molar-refractivity contribution is 0.734. The zero-order valence-corrected chi connectivity index (χ0v) is 19.0. The first kappa shape index (κ1) is 21.6. The number of hydrogen-bond donors (Lipinski definition) is 1. The van der Waals surface area contributed by atoms with Crippen molar-refractivity contribution in [2.45, 2.75) is 32.6 Å². The zero-order valence-electron chi connectivity index (χ0n) is 19.0. The Morgan fingerprint density at radius 3 is 2.09 bits per heavy atom. The van der Waals surface area contributed by atoms with E-state index in [2.05, 4.69) is 98.4 Å². The third kappa shape index (κ3) is 4.38. The molecule has 0 fully saturated rings. The van der Waals surface area contributed by atoms with Crippen molar-refractivity contribution in [3.05, 3.63) is 107 Å². The van der Waals surface area contributed by atoms with Crippen LogP contribution in [0, 0.1) is 0 Å². The summed E-state index contributed by atoms with van der Waals surface area (Å²) >= 11 is 0. The maximum Gasteiger partial charge on any atom is 0.0470 e. The van der Waals surface area contributed by atoms with Gasteiger partial charge in [-0.05, 0) is 83.0 Å². The molecule has 0 radical (unpaired) electrons. The molecule has 0 heterocycles. The third-order valence-corrected chi connectivity index (χ3v) is 6.30. The molecule has 0 aromatic heterocycles. The molecule has 32 heavy (non-hydrogen) atoms. The molecule has 0 saturated carbocycles. The normalized spacial score (nSPS) is 11.0. The van der Waals surface area contributed by atoms with Crippen molar-refractivity contribution in [3.63, 3.8) is 0 Å². The first-order valence-electron chi connectivity index (χ1n) is 11.3. The first-order chi connectivity index (χ1) is 15.5. The summed E-state index contributed by atoms with van der Waals surface area (Å²) in [6, 6.07) is 23.5. The Morgan fingerprint density at radius 1 is 0.750 bits per heavy atom. The minimum atomic E-state index is 1.03. The average molecular weight is 418 g/mol. The smallest absolute Gasteiger partial charge is 0.0470 e. The SMILES string of the molecule is C=C(C)C(=C)CCCCc1ccc(Nc2cccc3c(=C)c4ccccc4c(=C)c23)cc1. The van der Waals surface area contributed by atoms with Crippen LogP contribution in [0.2, 0.25) is 0 Å². The van der Waals surface area contributed by atoms with Crippen molar-refractivity contribution in [1.82, 2.24) is 0 Å². The van der Waals surface area contributed by atoms with Gasteiger partial charge in [0.25, 0.3) is 0 Å². The molecule has 0 amide bonds. The number of nitrogens with one attached hydrogen (secondary N) is 1. The fourth-order valence-corrected chi connectivity index (χ4v) is 4.31. The number of unbranched alkanes of at least 4 members (excludes halogenated alkanes) is 1. The van der Waals surface area contributed by atoms with Gasteiger partial charge in [0.05, 0.1) is 0 Å².